The molecule has 0 fully saturated rings. The van der Waals surface area contributed by atoms with Gasteiger partial charge in [-0.3, -0.25) is 14.4 Å². The summed E-state index contributed by atoms with van der Waals surface area (Å²) in [6.45, 7) is 0. The van der Waals surface area contributed by atoms with Gasteiger partial charge in [-0.05, 0) is 91.6 Å². The Morgan fingerprint density at radius 2 is 0.967 bits per heavy atom. The van der Waals surface area contributed by atoms with Crippen LogP contribution in [0.1, 0.15) is 22.0 Å². The maximum atomic E-state index is 12.3. The molecule has 4 heteroatoms. The molecule has 0 heterocycles. The molecule has 4 nitrogen and oxygen atoms in total. The van der Waals surface area contributed by atoms with Gasteiger partial charge in [0.25, 0.3) is 5.78 Å². The number of aliphatic hydroxyl groups is 1. The van der Waals surface area contributed by atoms with Crippen LogP contribution >= 0.6 is 0 Å². The maximum Gasteiger partial charge on any atom is 0.272 e. The van der Waals surface area contributed by atoms with E-state index in [4.69, 9.17) is 0 Å². The standard InChI is InChI=1S/C26H14O4/c27-23-21-11-19-9-17-7-15-5-13-3-1-2-4-14(13)6-16(15)8-18(17)10-20(19)12-22(21)24(28)26(30)25(23)29/h1-12,23,27H. The van der Waals surface area contributed by atoms with Crippen LogP contribution in [-0.2, 0) is 9.59 Å². The van der Waals surface area contributed by atoms with Crippen LogP contribution in [0.15, 0.2) is 72.8 Å². The highest BCUT2D eigenvalue weighted by atomic mass is 16.3. The minimum Gasteiger partial charge on any atom is -0.380 e. The van der Waals surface area contributed by atoms with Crippen LogP contribution in [0.4, 0.5) is 0 Å². The molecule has 0 saturated carbocycles. The van der Waals surface area contributed by atoms with Crippen molar-refractivity contribution >= 4 is 60.4 Å². The average Bonchev–Trinajstić information content (AvgIpc) is 2.76. The Hall–Kier alpha value is -3.89. The van der Waals surface area contributed by atoms with E-state index in [0.29, 0.717) is 0 Å². The first-order valence-electron chi connectivity index (χ1n) is 9.64. The van der Waals surface area contributed by atoms with Crippen molar-refractivity contribution in [1.82, 2.24) is 0 Å². The van der Waals surface area contributed by atoms with Gasteiger partial charge in [0.1, 0.15) is 6.10 Å². The van der Waals surface area contributed by atoms with Crippen LogP contribution in [0.25, 0.3) is 43.1 Å². The first kappa shape index (κ1) is 17.0. The van der Waals surface area contributed by atoms with Crippen molar-refractivity contribution in [3.05, 3.63) is 83.9 Å². The number of ketones is 3. The summed E-state index contributed by atoms with van der Waals surface area (Å²) >= 11 is 0. The summed E-state index contributed by atoms with van der Waals surface area (Å²) in [5, 5.41) is 18.4. The van der Waals surface area contributed by atoms with Gasteiger partial charge in [-0.1, -0.05) is 24.3 Å². The molecule has 1 aliphatic rings. The maximum absolute atomic E-state index is 12.3. The molecule has 1 aliphatic carbocycles. The zero-order valence-corrected chi connectivity index (χ0v) is 15.7. The fraction of sp³-hybridized carbons (Fsp3) is 0.0385. The van der Waals surface area contributed by atoms with Gasteiger partial charge < -0.3 is 5.11 Å². The molecule has 1 unspecified atom stereocenters. The number of hydrogen-bond acceptors (Lipinski definition) is 4. The van der Waals surface area contributed by atoms with E-state index in [9.17, 15) is 19.5 Å². The lowest BCUT2D eigenvalue weighted by atomic mass is 9.84. The predicted molar refractivity (Wildman–Crippen MR) is 116 cm³/mol. The van der Waals surface area contributed by atoms with E-state index < -0.39 is 23.5 Å². The Morgan fingerprint density at radius 1 is 0.533 bits per heavy atom. The molecular formula is C26H14O4. The van der Waals surface area contributed by atoms with Gasteiger partial charge >= 0.3 is 0 Å². The lowest BCUT2D eigenvalue weighted by Crippen LogP contribution is -2.35. The normalized spacial score (nSPS) is 16.7. The van der Waals surface area contributed by atoms with Crippen molar-refractivity contribution in [3.8, 4) is 0 Å². The summed E-state index contributed by atoms with van der Waals surface area (Å²) in [4.78, 5) is 36.0. The molecule has 5 aromatic rings. The number of aliphatic hydroxyl groups excluding tert-OH is 1. The highest BCUT2D eigenvalue weighted by Gasteiger charge is 2.39. The van der Waals surface area contributed by atoms with Crippen molar-refractivity contribution in [3.63, 3.8) is 0 Å². The van der Waals surface area contributed by atoms with Crippen LogP contribution in [-0.4, -0.2) is 22.5 Å². The Labute approximate surface area is 170 Å². The van der Waals surface area contributed by atoms with Gasteiger partial charge in [0, 0.05) is 11.1 Å². The third kappa shape index (κ3) is 2.28. The average molecular weight is 390 g/mol. The number of hydrogen-bond donors (Lipinski definition) is 1. The first-order valence-corrected chi connectivity index (χ1v) is 9.64. The third-order valence-electron chi connectivity index (χ3n) is 6.00. The van der Waals surface area contributed by atoms with E-state index in [1.807, 2.05) is 24.3 Å². The Balaban J connectivity index is 1.65. The summed E-state index contributed by atoms with van der Waals surface area (Å²) in [5.41, 5.74) is 0.300. The lowest BCUT2D eigenvalue weighted by molar-refractivity contribution is -0.139. The second-order valence-electron chi connectivity index (χ2n) is 7.81. The molecule has 0 aromatic heterocycles. The van der Waals surface area contributed by atoms with Crippen LogP contribution in [0, 0.1) is 0 Å². The molecule has 0 amide bonds. The highest BCUT2D eigenvalue weighted by Crippen LogP contribution is 2.34. The second kappa shape index (κ2) is 5.81. The molecule has 30 heavy (non-hydrogen) atoms. The van der Waals surface area contributed by atoms with E-state index in [1.54, 1.807) is 12.1 Å². The van der Waals surface area contributed by atoms with E-state index in [0.717, 1.165) is 32.3 Å². The van der Waals surface area contributed by atoms with Gasteiger partial charge in [0.15, 0.2) is 0 Å². The molecule has 1 N–H and O–H groups in total. The molecule has 5 aromatic carbocycles. The lowest BCUT2D eigenvalue weighted by Gasteiger charge is -2.19. The summed E-state index contributed by atoms with van der Waals surface area (Å²) in [6, 6.07) is 24.0. The molecule has 0 spiro atoms. The monoisotopic (exact) mass is 390 g/mol. The molecule has 0 aliphatic heterocycles. The number of carbonyl (C=O) groups excluding carboxylic acids is 3. The van der Waals surface area contributed by atoms with Crippen LogP contribution in [0.3, 0.4) is 0 Å². The zero-order valence-electron chi connectivity index (χ0n) is 15.7. The van der Waals surface area contributed by atoms with Crippen molar-refractivity contribution in [2.45, 2.75) is 6.10 Å². The van der Waals surface area contributed by atoms with E-state index >= 15 is 0 Å². The summed E-state index contributed by atoms with van der Waals surface area (Å²) in [5.74, 6) is -3.08. The number of benzene rings is 5. The van der Waals surface area contributed by atoms with Crippen molar-refractivity contribution in [2.24, 2.45) is 0 Å². The summed E-state index contributed by atoms with van der Waals surface area (Å²) < 4.78 is 0. The third-order valence-corrected chi connectivity index (χ3v) is 6.00. The van der Waals surface area contributed by atoms with Crippen LogP contribution in [0.5, 0.6) is 0 Å². The van der Waals surface area contributed by atoms with E-state index in [-0.39, 0.29) is 11.1 Å². The number of rotatable bonds is 0. The molecule has 0 saturated heterocycles. The van der Waals surface area contributed by atoms with Crippen LogP contribution < -0.4 is 0 Å². The van der Waals surface area contributed by atoms with E-state index in [1.165, 1.54) is 10.8 Å². The minimum absolute atomic E-state index is 0.103. The number of carbonyl (C=O) groups is 3. The smallest absolute Gasteiger partial charge is 0.272 e. The van der Waals surface area contributed by atoms with Crippen molar-refractivity contribution < 1.29 is 19.5 Å². The highest BCUT2D eigenvalue weighted by molar-refractivity contribution is 6.69. The fourth-order valence-electron chi connectivity index (χ4n) is 4.44. The molecule has 142 valence electrons. The molecule has 0 bridgehead atoms. The van der Waals surface area contributed by atoms with E-state index in [2.05, 4.69) is 36.4 Å². The van der Waals surface area contributed by atoms with Gasteiger partial charge in [0.2, 0.25) is 11.6 Å². The van der Waals surface area contributed by atoms with Crippen molar-refractivity contribution in [1.29, 1.82) is 0 Å². The minimum atomic E-state index is -1.59. The largest absolute Gasteiger partial charge is 0.380 e. The van der Waals surface area contributed by atoms with Gasteiger partial charge in [-0.15, -0.1) is 0 Å². The van der Waals surface area contributed by atoms with Gasteiger partial charge in [0.05, 0.1) is 0 Å². The van der Waals surface area contributed by atoms with Gasteiger partial charge in [-0.25, -0.2) is 0 Å². The van der Waals surface area contributed by atoms with Crippen LogP contribution in [0.2, 0.25) is 0 Å². The Bertz CT molecular complexity index is 1610. The molecule has 0 radical (unpaired) electrons. The quantitative estimate of drug-likeness (QED) is 0.308. The summed E-state index contributed by atoms with van der Waals surface area (Å²) in [7, 11) is 0. The predicted octanol–water partition coefficient (Wildman–Crippen LogP) is 4.67. The second-order valence-corrected chi connectivity index (χ2v) is 7.81. The Kier molecular flexibility index (Phi) is 3.30. The van der Waals surface area contributed by atoms with Gasteiger partial charge in [-0.2, -0.15) is 0 Å². The molecular weight excluding hydrogens is 376 g/mol. The van der Waals surface area contributed by atoms with Crippen molar-refractivity contribution in [2.75, 3.05) is 0 Å². The Morgan fingerprint density at radius 3 is 1.50 bits per heavy atom. The first-order chi connectivity index (χ1) is 14.5. The number of Topliss-reactive ketones (excluding diaryl/α,β-unsaturated/α-hetero) is 3. The fourth-order valence-corrected chi connectivity index (χ4v) is 4.44. The summed E-state index contributed by atoms with van der Waals surface area (Å²) in [6.07, 6.45) is -1.59. The molecule has 6 rings (SSSR count). The SMILES string of the molecule is O=C1C(=O)c2cc3cc4cc5cc6ccccc6cc5cc4cc3cc2C(O)C1=O. The topological polar surface area (TPSA) is 71.4 Å². The zero-order chi connectivity index (χ0) is 20.6. The number of fused-ring (bicyclic) bond motifs is 5. The molecule has 1 atom stereocenters.